The first kappa shape index (κ1) is 14.1. The highest BCUT2D eigenvalue weighted by molar-refractivity contribution is 5.59. The van der Waals surface area contributed by atoms with E-state index in [0.717, 1.165) is 36.8 Å². The molecule has 0 saturated carbocycles. The zero-order valence-electron chi connectivity index (χ0n) is 12.2. The largest absolute Gasteiger partial charge is 0.344 e. The zero-order valence-corrected chi connectivity index (χ0v) is 12.2. The Balaban J connectivity index is 2.39. The van der Waals surface area contributed by atoms with Crippen molar-refractivity contribution in [2.24, 2.45) is 0 Å². The molecule has 0 aliphatic rings. The minimum atomic E-state index is 0.652. The Bertz CT molecular complexity index is 606. The lowest BCUT2D eigenvalue weighted by atomic mass is 10.1. The molecule has 0 amide bonds. The molecule has 5 nitrogen and oxygen atoms in total. The van der Waals surface area contributed by atoms with Crippen LogP contribution in [0, 0.1) is 11.3 Å². The van der Waals surface area contributed by atoms with Crippen LogP contribution >= 0.6 is 0 Å². The summed E-state index contributed by atoms with van der Waals surface area (Å²) in [6.07, 6.45) is 1.07. The molecule has 0 N–H and O–H groups in total. The summed E-state index contributed by atoms with van der Waals surface area (Å²) in [5.41, 5.74) is 1.63. The molecule has 2 rings (SSSR count). The molecule has 2 aromatic rings. The van der Waals surface area contributed by atoms with Crippen molar-refractivity contribution in [2.75, 3.05) is 18.5 Å². The van der Waals surface area contributed by atoms with E-state index in [-0.39, 0.29) is 0 Å². The zero-order chi connectivity index (χ0) is 14.5. The Labute approximate surface area is 119 Å². The summed E-state index contributed by atoms with van der Waals surface area (Å²) in [7, 11) is 2.03. The third-order valence-electron chi connectivity index (χ3n) is 3.22. The Hall–Kier alpha value is -2.35. The fourth-order valence-corrected chi connectivity index (χ4v) is 2.21. The van der Waals surface area contributed by atoms with Crippen LogP contribution in [0.15, 0.2) is 24.3 Å². The number of nitriles is 1. The Morgan fingerprint density at radius 1 is 1.20 bits per heavy atom. The Kier molecular flexibility index (Phi) is 4.36. The summed E-state index contributed by atoms with van der Waals surface area (Å²) in [6.45, 7) is 5.99. The van der Waals surface area contributed by atoms with Gasteiger partial charge >= 0.3 is 0 Å². The lowest BCUT2D eigenvalue weighted by molar-refractivity contribution is 0.722. The topological polar surface area (TPSA) is 57.7 Å². The van der Waals surface area contributed by atoms with Gasteiger partial charge in [0.05, 0.1) is 11.6 Å². The minimum Gasteiger partial charge on any atom is -0.344 e. The number of rotatable bonds is 5. The summed E-state index contributed by atoms with van der Waals surface area (Å²) >= 11 is 0. The molecule has 0 fully saturated rings. The molecule has 1 heterocycles. The highest BCUT2D eigenvalue weighted by Crippen LogP contribution is 2.22. The number of hydrogen-bond donors (Lipinski definition) is 0. The highest BCUT2D eigenvalue weighted by Gasteiger charge is 2.15. The molecule has 0 saturated heterocycles. The second kappa shape index (κ2) is 6.20. The summed E-state index contributed by atoms with van der Waals surface area (Å²) in [5.74, 6) is 1.73. The second-order valence-corrected chi connectivity index (χ2v) is 4.68. The molecule has 0 bridgehead atoms. The van der Waals surface area contributed by atoms with Crippen LogP contribution in [-0.4, -0.2) is 28.4 Å². The minimum absolute atomic E-state index is 0.652. The van der Waals surface area contributed by atoms with Gasteiger partial charge in [-0.2, -0.15) is 5.26 Å². The standard InChI is InChI=1S/C15H19N5/c1-4-10-19(3)15-18-17-14(20(15)5-2)13-8-6-12(11-16)7-9-13/h6-9H,4-5,10H2,1-3H3. The number of hydrogen-bond acceptors (Lipinski definition) is 4. The third kappa shape index (κ3) is 2.64. The molecule has 1 aromatic heterocycles. The number of anilines is 1. The van der Waals surface area contributed by atoms with Crippen molar-refractivity contribution in [3.05, 3.63) is 29.8 Å². The van der Waals surface area contributed by atoms with Crippen molar-refractivity contribution in [2.45, 2.75) is 26.8 Å². The molecular weight excluding hydrogens is 250 g/mol. The van der Waals surface area contributed by atoms with Crippen LogP contribution in [0.25, 0.3) is 11.4 Å². The van der Waals surface area contributed by atoms with Gasteiger partial charge in [0.1, 0.15) is 0 Å². The van der Waals surface area contributed by atoms with Gasteiger partial charge in [-0.1, -0.05) is 6.92 Å². The van der Waals surface area contributed by atoms with Crippen LogP contribution in [0.4, 0.5) is 5.95 Å². The van der Waals surface area contributed by atoms with Crippen molar-refractivity contribution >= 4 is 5.95 Å². The van der Waals surface area contributed by atoms with E-state index in [9.17, 15) is 0 Å². The monoisotopic (exact) mass is 269 g/mol. The molecule has 0 unspecified atom stereocenters. The van der Waals surface area contributed by atoms with Crippen LogP contribution < -0.4 is 4.90 Å². The van der Waals surface area contributed by atoms with Gasteiger partial charge in [0.15, 0.2) is 5.82 Å². The first-order chi connectivity index (χ1) is 9.71. The van der Waals surface area contributed by atoms with Gasteiger partial charge in [0.25, 0.3) is 0 Å². The van der Waals surface area contributed by atoms with E-state index in [4.69, 9.17) is 5.26 Å². The van der Waals surface area contributed by atoms with Gasteiger partial charge in [0.2, 0.25) is 5.95 Å². The van der Waals surface area contributed by atoms with E-state index in [1.165, 1.54) is 0 Å². The second-order valence-electron chi connectivity index (χ2n) is 4.68. The first-order valence-electron chi connectivity index (χ1n) is 6.86. The maximum atomic E-state index is 8.85. The molecule has 0 aliphatic heterocycles. The van der Waals surface area contributed by atoms with Crippen LogP contribution in [0.3, 0.4) is 0 Å². The van der Waals surface area contributed by atoms with Gasteiger partial charge in [-0.3, -0.25) is 4.57 Å². The van der Waals surface area contributed by atoms with Gasteiger partial charge < -0.3 is 4.90 Å². The van der Waals surface area contributed by atoms with Gasteiger partial charge in [0, 0.05) is 25.7 Å². The molecule has 5 heteroatoms. The Morgan fingerprint density at radius 3 is 2.45 bits per heavy atom. The summed E-state index contributed by atoms with van der Waals surface area (Å²) < 4.78 is 2.09. The van der Waals surface area contributed by atoms with E-state index in [2.05, 4.69) is 39.6 Å². The number of aromatic nitrogens is 3. The van der Waals surface area contributed by atoms with E-state index in [0.29, 0.717) is 5.56 Å². The fourth-order valence-electron chi connectivity index (χ4n) is 2.21. The normalized spacial score (nSPS) is 10.3. The van der Waals surface area contributed by atoms with E-state index in [1.807, 2.05) is 19.2 Å². The number of nitrogens with zero attached hydrogens (tertiary/aromatic N) is 5. The van der Waals surface area contributed by atoms with Gasteiger partial charge in [-0.25, -0.2) is 0 Å². The van der Waals surface area contributed by atoms with Crippen molar-refractivity contribution in [3.63, 3.8) is 0 Å². The summed E-state index contributed by atoms with van der Waals surface area (Å²) in [6, 6.07) is 9.56. The van der Waals surface area contributed by atoms with E-state index in [1.54, 1.807) is 12.1 Å². The van der Waals surface area contributed by atoms with Crippen molar-refractivity contribution in [1.29, 1.82) is 5.26 Å². The van der Waals surface area contributed by atoms with E-state index >= 15 is 0 Å². The molecule has 1 aromatic carbocycles. The average molecular weight is 269 g/mol. The number of benzene rings is 1. The maximum Gasteiger partial charge on any atom is 0.227 e. The quantitative estimate of drug-likeness (QED) is 0.837. The van der Waals surface area contributed by atoms with Crippen molar-refractivity contribution < 1.29 is 0 Å². The van der Waals surface area contributed by atoms with Gasteiger partial charge in [-0.05, 0) is 37.6 Å². The van der Waals surface area contributed by atoms with Crippen LogP contribution in [-0.2, 0) is 6.54 Å². The lowest BCUT2D eigenvalue weighted by Gasteiger charge is -2.18. The van der Waals surface area contributed by atoms with Crippen molar-refractivity contribution in [3.8, 4) is 17.5 Å². The molecule has 0 spiro atoms. The SMILES string of the molecule is CCCN(C)c1nnc(-c2ccc(C#N)cc2)n1CC. The highest BCUT2D eigenvalue weighted by atomic mass is 15.4. The van der Waals surface area contributed by atoms with E-state index < -0.39 is 0 Å². The first-order valence-corrected chi connectivity index (χ1v) is 6.86. The molecule has 0 atom stereocenters. The smallest absolute Gasteiger partial charge is 0.227 e. The van der Waals surface area contributed by atoms with Gasteiger partial charge in [-0.15, -0.1) is 10.2 Å². The maximum absolute atomic E-state index is 8.85. The fraction of sp³-hybridized carbons (Fsp3) is 0.400. The molecule has 104 valence electrons. The molecule has 0 aliphatic carbocycles. The van der Waals surface area contributed by atoms with Crippen LogP contribution in [0.1, 0.15) is 25.8 Å². The van der Waals surface area contributed by atoms with Crippen molar-refractivity contribution in [1.82, 2.24) is 14.8 Å². The average Bonchev–Trinajstić information content (AvgIpc) is 2.91. The molecule has 0 radical (unpaired) electrons. The third-order valence-corrected chi connectivity index (χ3v) is 3.22. The molecule has 20 heavy (non-hydrogen) atoms. The lowest BCUT2D eigenvalue weighted by Crippen LogP contribution is -2.22. The predicted octanol–water partition coefficient (Wildman–Crippen LogP) is 2.68. The summed E-state index contributed by atoms with van der Waals surface area (Å²) in [4.78, 5) is 2.11. The molecular formula is C15H19N5. The predicted molar refractivity (Wildman–Crippen MR) is 79.4 cm³/mol. The van der Waals surface area contributed by atoms with Crippen LogP contribution in [0.2, 0.25) is 0 Å². The summed E-state index contributed by atoms with van der Waals surface area (Å²) in [5, 5.41) is 17.4. The Morgan fingerprint density at radius 2 is 1.90 bits per heavy atom. The van der Waals surface area contributed by atoms with Crippen LogP contribution in [0.5, 0.6) is 0 Å².